The van der Waals surface area contributed by atoms with Gasteiger partial charge in [-0.05, 0) is 32.1 Å². The number of rotatable bonds is 4. The van der Waals surface area contributed by atoms with Gasteiger partial charge in [0.05, 0.1) is 5.56 Å². The van der Waals surface area contributed by atoms with Gasteiger partial charge in [-0.3, -0.25) is 4.79 Å². The minimum absolute atomic E-state index is 0.0259. The number of nitriles is 1. The molecule has 0 aliphatic carbocycles. The summed E-state index contributed by atoms with van der Waals surface area (Å²) in [6.07, 6.45) is 4.29. The Morgan fingerprint density at radius 2 is 2.38 bits per heavy atom. The first-order valence-electron chi connectivity index (χ1n) is 7.44. The first-order valence-corrected chi connectivity index (χ1v) is 7.44. The van der Waals surface area contributed by atoms with Gasteiger partial charge in [0.2, 0.25) is 5.76 Å². The normalized spacial score (nSPS) is 19.1. The molecular weight excluding hydrogens is 268 g/mol. The highest BCUT2D eigenvalue weighted by atomic mass is 16.5. The molecule has 0 N–H and O–H groups in total. The van der Waals surface area contributed by atoms with E-state index in [1.807, 2.05) is 11.0 Å². The Hall–Kier alpha value is -1.80. The molecule has 0 radical (unpaired) electrons. The number of hydrogen-bond donors (Lipinski definition) is 0. The van der Waals surface area contributed by atoms with Crippen LogP contribution >= 0.6 is 0 Å². The fraction of sp³-hybridized carbons (Fsp3) is 0.625. The molecule has 1 aromatic rings. The van der Waals surface area contributed by atoms with Crippen molar-refractivity contribution in [3.05, 3.63) is 23.2 Å². The summed E-state index contributed by atoms with van der Waals surface area (Å²) in [7, 11) is 1.71. The lowest BCUT2D eigenvalue weighted by Gasteiger charge is -2.24. The Bertz CT molecular complexity index is 530. The van der Waals surface area contributed by atoms with Crippen molar-refractivity contribution in [2.75, 3.05) is 26.8 Å². The van der Waals surface area contributed by atoms with Gasteiger partial charge in [-0.15, -0.1) is 0 Å². The van der Waals surface area contributed by atoms with Crippen molar-refractivity contribution < 1.29 is 13.9 Å². The molecule has 0 saturated carbocycles. The van der Waals surface area contributed by atoms with Crippen LogP contribution in [0.5, 0.6) is 0 Å². The molecule has 5 heteroatoms. The predicted octanol–water partition coefficient (Wildman–Crippen LogP) is 2.74. The smallest absolute Gasteiger partial charge is 0.257 e. The monoisotopic (exact) mass is 290 g/mol. The van der Waals surface area contributed by atoms with Crippen LogP contribution in [0.15, 0.2) is 10.5 Å². The molecule has 1 aliphatic heterocycles. The van der Waals surface area contributed by atoms with Crippen molar-refractivity contribution in [2.45, 2.75) is 32.6 Å². The maximum absolute atomic E-state index is 12.6. The van der Waals surface area contributed by atoms with Crippen molar-refractivity contribution in [1.29, 1.82) is 5.26 Å². The van der Waals surface area contributed by atoms with Crippen LogP contribution in [-0.4, -0.2) is 37.6 Å². The topological polar surface area (TPSA) is 66.5 Å². The lowest BCUT2D eigenvalue weighted by atomic mass is 10.00. The second-order valence-corrected chi connectivity index (χ2v) is 5.59. The lowest BCUT2D eigenvalue weighted by Crippen LogP contribution is -2.35. The zero-order valence-electron chi connectivity index (χ0n) is 12.7. The Morgan fingerprint density at radius 1 is 1.57 bits per heavy atom. The molecule has 1 fully saturated rings. The summed E-state index contributed by atoms with van der Waals surface area (Å²) in [6, 6.07) is 3.49. The number of nitrogens with zero attached hydrogens (tertiary/aromatic N) is 2. The van der Waals surface area contributed by atoms with Crippen LogP contribution in [0.2, 0.25) is 0 Å². The molecule has 0 aromatic carbocycles. The van der Waals surface area contributed by atoms with Crippen molar-refractivity contribution in [3.63, 3.8) is 0 Å². The zero-order chi connectivity index (χ0) is 15.2. The van der Waals surface area contributed by atoms with Crippen LogP contribution < -0.4 is 0 Å². The van der Waals surface area contributed by atoms with Gasteiger partial charge in [0, 0.05) is 32.9 Å². The van der Waals surface area contributed by atoms with E-state index in [2.05, 4.69) is 0 Å². The van der Waals surface area contributed by atoms with Crippen molar-refractivity contribution in [1.82, 2.24) is 4.90 Å². The third kappa shape index (κ3) is 3.85. The molecule has 1 amide bonds. The molecule has 5 nitrogen and oxygen atoms in total. The maximum Gasteiger partial charge on any atom is 0.257 e. The molecule has 1 aromatic heterocycles. The number of methoxy groups -OCH3 is 1. The summed E-state index contributed by atoms with van der Waals surface area (Å²) in [4.78, 5) is 14.5. The van der Waals surface area contributed by atoms with Gasteiger partial charge in [-0.2, -0.15) is 5.26 Å². The van der Waals surface area contributed by atoms with Crippen LogP contribution in [0.3, 0.4) is 0 Å². The Kier molecular flexibility index (Phi) is 5.40. The van der Waals surface area contributed by atoms with Gasteiger partial charge in [0.25, 0.3) is 5.91 Å². The minimum atomic E-state index is -0.0259. The molecule has 0 bridgehead atoms. The quantitative estimate of drug-likeness (QED) is 0.855. The van der Waals surface area contributed by atoms with Crippen LogP contribution in [0.25, 0.3) is 0 Å². The molecule has 1 saturated heterocycles. The standard InChI is InChI=1S/C16H22N2O3/c1-12-15(9-14(10-17)21-12)16(19)18-7-4-3-5-13(11-18)6-8-20-2/h9,13H,3-8,11H2,1-2H3. The van der Waals surface area contributed by atoms with E-state index in [1.54, 1.807) is 20.1 Å². The molecule has 2 rings (SSSR count). The third-order valence-corrected chi connectivity index (χ3v) is 4.04. The van der Waals surface area contributed by atoms with Crippen LogP contribution in [0, 0.1) is 24.2 Å². The van der Waals surface area contributed by atoms with Gasteiger partial charge in [0.1, 0.15) is 11.8 Å². The van der Waals surface area contributed by atoms with E-state index in [9.17, 15) is 4.79 Å². The van der Waals surface area contributed by atoms with E-state index in [-0.39, 0.29) is 11.7 Å². The highest BCUT2D eigenvalue weighted by Crippen LogP contribution is 2.23. The number of carbonyl (C=O) groups is 1. The number of carbonyl (C=O) groups excluding carboxylic acids is 1. The molecule has 0 spiro atoms. The summed E-state index contributed by atoms with van der Waals surface area (Å²) in [5, 5.41) is 8.87. The third-order valence-electron chi connectivity index (χ3n) is 4.04. The summed E-state index contributed by atoms with van der Waals surface area (Å²) in [6.45, 7) is 3.99. The number of hydrogen-bond acceptors (Lipinski definition) is 4. The molecule has 1 aliphatic rings. The second-order valence-electron chi connectivity index (χ2n) is 5.59. The van der Waals surface area contributed by atoms with E-state index >= 15 is 0 Å². The Balaban J connectivity index is 2.09. The molecule has 1 atom stereocenters. The van der Waals surface area contributed by atoms with E-state index in [1.165, 1.54) is 0 Å². The summed E-state index contributed by atoms with van der Waals surface area (Å²) in [5.74, 6) is 1.18. The van der Waals surface area contributed by atoms with Crippen molar-refractivity contribution >= 4 is 5.91 Å². The maximum atomic E-state index is 12.6. The van der Waals surface area contributed by atoms with Gasteiger partial charge in [0.15, 0.2) is 0 Å². The second kappa shape index (κ2) is 7.28. The first kappa shape index (κ1) is 15.6. The number of ether oxygens (including phenoxy) is 1. The number of furan rings is 1. The van der Waals surface area contributed by atoms with Gasteiger partial charge >= 0.3 is 0 Å². The van der Waals surface area contributed by atoms with E-state index in [4.69, 9.17) is 14.4 Å². The predicted molar refractivity (Wildman–Crippen MR) is 77.9 cm³/mol. The molecule has 114 valence electrons. The molecule has 1 unspecified atom stereocenters. The summed E-state index contributed by atoms with van der Waals surface area (Å²) < 4.78 is 10.4. The minimum Gasteiger partial charge on any atom is -0.450 e. The van der Waals surface area contributed by atoms with Crippen LogP contribution in [0.1, 0.15) is 47.6 Å². The molecular formula is C16H22N2O3. The van der Waals surface area contributed by atoms with E-state index < -0.39 is 0 Å². The number of likely N-dealkylation sites (tertiary alicyclic amines) is 1. The zero-order valence-corrected chi connectivity index (χ0v) is 12.7. The summed E-state index contributed by atoms with van der Waals surface area (Å²) in [5.41, 5.74) is 0.513. The largest absolute Gasteiger partial charge is 0.450 e. The Labute approximate surface area is 125 Å². The van der Waals surface area contributed by atoms with Gasteiger partial charge in [-0.25, -0.2) is 0 Å². The average molecular weight is 290 g/mol. The van der Waals surface area contributed by atoms with E-state index in [0.717, 1.165) is 45.4 Å². The van der Waals surface area contributed by atoms with Crippen LogP contribution in [-0.2, 0) is 4.74 Å². The first-order chi connectivity index (χ1) is 10.2. The highest BCUT2D eigenvalue weighted by molar-refractivity contribution is 5.95. The number of aryl methyl sites for hydroxylation is 1. The van der Waals surface area contributed by atoms with Crippen molar-refractivity contribution in [3.8, 4) is 6.07 Å². The van der Waals surface area contributed by atoms with Crippen LogP contribution in [0.4, 0.5) is 0 Å². The van der Waals surface area contributed by atoms with E-state index in [0.29, 0.717) is 17.2 Å². The average Bonchev–Trinajstić information content (AvgIpc) is 2.72. The fourth-order valence-corrected chi connectivity index (χ4v) is 2.85. The van der Waals surface area contributed by atoms with Gasteiger partial charge < -0.3 is 14.1 Å². The lowest BCUT2D eigenvalue weighted by molar-refractivity contribution is 0.0726. The fourth-order valence-electron chi connectivity index (χ4n) is 2.85. The molecule has 2 heterocycles. The number of amides is 1. The Morgan fingerprint density at radius 3 is 3.05 bits per heavy atom. The summed E-state index contributed by atoms with van der Waals surface area (Å²) >= 11 is 0. The van der Waals surface area contributed by atoms with Crippen molar-refractivity contribution in [2.24, 2.45) is 5.92 Å². The highest BCUT2D eigenvalue weighted by Gasteiger charge is 2.25. The molecule has 21 heavy (non-hydrogen) atoms. The SMILES string of the molecule is COCCC1CCCCN(C(=O)c2cc(C#N)oc2C)C1. The van der Waals surface area contributed by atoms with Gasteiger partial charge in [-0.1, -0.05) is 6.42 Å².